The van der Waals surface area contributed by atoms with Crippen LogP contribution in [0.15, 0.2) is 30.3 Å². The van der Waals surface area contributed by atoms with E-state index in [2.05, 4.69) is 41.3 Å². The topological polar surface area (TPSA) is 67.6 Å². The molecule has 5 nitrogen and oxygen atoms in total. The van der Waals surface area contributed by atoms with Gasteiger partial charge in [0.1, 0.15) is 0 Å². The van der Waals surface area contributed by atoms with Crippen LogP contribution in [0.4, 0.5) is 0 Å². The fourth-order valence-electron chi connectivity index (χ4n) is 5.35. The molecule has 4 rings (SSSR count). The van der Waals surface area contributed by atoms with E-state index in [1.165, 1.54) is 31.2 Å². The number of piperidine rings is 1. The number of nitrogens with zero attached hydrogens (tertiary/aromatic N) is 3. The zero-order valence-corrected chi connectivity index (χ0v) is 15.9. The Morgan fingerprint density at radius 2 is 1.93 bits per heavy atom. The van der Waals surface area contributed by atoms with E-state index in [1.54, 1.807) is 0 Å². The largest absolute Gasteiger partial charge is 0.480 e. The molecule has 5 heteroatoms. The van der Waals surface area contributed by atoms with E-state index < -0.39 is 5.97 Å². The van der Waals surface area contributed by atoms with Crippen LogP contribution < -0.4 is 0 Å². The van der Waals surface area contributed by atoms with Gasteiger partial charge in [-0.3, -0.25) is 14.6 Å². The lowest BCUT2D eigenvalue weighted by molar-refractivity contribution is -0.143. The summed E-state index contributed by atoms with van der Waals surface area (Å²) in [4.78, 5) is 15.3. The molecule has 1 saturated carbocycles. The number of rotatable bonds is 7. The van der Waals surface area contributed by atoms with E-state index in [9.17, 15) is 10.1 Å². The Morgan fingerprint density at radius 3 is 2.56 bits per heavy atom. The van der Waals surface area contributed by atoms with Gasteiger partial charge in [0.15, 0.2) is 0 Å². The molecule has 2 heterocycles. The standard InChI is InChI=1S/C22H29N3O2/c23-9-8-22(15-24(16-22)14-21(26)27)25-10-6-17(7-11-25)12-19-13-20(19)18-4-2-1-3-5-18/h1-5,17,19-20H,6-8,10-16H2,(H,26,27)/t19-,20?/m1/s1. The van der Waals surface area contributed by atoms with Crippen LogP contribution in [0.3, 0.4) is 0 Å². The molecule has 144 valence electrons. The Balaban J connectivity index is 1.25. The van der Waals surface area contributed by atoms with Gasteiger partial charge in [-0.25, -0.2) is 0 Å². The van der Waals surface area contributed by atoms with Crippen molar-refractivity contribution in [1.29, 1.82) is 5.26 Å². The third kappa shape index (κ3) is 4.02. The van der Waals surface area contributed by atoms with Crippen molar-refractivity contribution in [3.63, 3.8) is 0 Å². The van der Waals surface area contributed by atoms with E-state index in [0.717, 1.165) is 43.9 Å². The van der Waals surface area contributed by atoms with E-state index in [1.807, 2.05) is 4.90 Å². The molecule has 2 saturated heterocycles. The van der Waals surface area contributed by atoms with Crippen molar-refractivity contribution in [2.75, 3.05) is 32.7 Å². The summed E-state index contributed by atoms with van der Waals surface area (Å²) in [7, 11) is 0. The van der Waals surface area contributed by atoms with Gasteiger partial charge in [-0.2, -0.15) is 5.26 Å². The molecular formula is C22H29N3O2. The maximum Gasteiger partial charge on any atom is 0.317 e. The predicted molar refractivity (Wildman–Crippen MR) is 103 cm³/mol. The maximum absolute atomic E-state index is 10.9. The van der Waals surface area contributed by atoms with Crippen molar-refractivity contribution < 1.29 is 9.90 Å². The van der Waals surface area contributed by atoms with E-state index in [-0.39, 0.29) is 12.1 Å². The van der Waals surface area contributed by atoms with Crippen molar-refractivity contribution in [2.45, 2.75) is 43.6 Å². The number of aliphatic carboxylic acids is 1. The average Bonchev–Trinajstić information content (AvgIpc) is 3.40. The third-order valence-corrected chi connectivity index (χ3v) is 6.87. The number of hydrogen-bond donors (Lipinski definition) is 1. The summed E-state index contributed by atoms with van der Waals surface area (Å²) in [6.45, 7) is 3.63. The van der Waals surface area contributed by atoms with Crippen LogP contribution >= 0.6 is 0 Å². The van der Waals surface area contributed by atoms with Gasteiger partial charge in [-0.1, -0.05) is 30.3 Å². The molecule has 1 aromatic carbocycles. The average molecular weight is 367 g/mol. The molecule has 0 bridgehead atoms. The number of carboxylic acids is 1. The molecule has 1 aliphatic carbocycles. The van der Waals surface area contributed by atoms with Crippen molar-refractivity contribution in [2.24, 2.45) is 11.8 Å². The molecule has 0 aromatic heterocycles. The van der Waals surface area contributed by atoms with Gasteiger partial charge in [0.25, 0.3) is 0 Å². The lowest BCUT2D eigenvalue weighted by Gasteiger charge is -2.56. The van der Waals surface area contributed by atoms with Gasteiger partial charge in [0.05, 0.1) is 24.6 Å². The normalized spacial score (nSPS) is 28.3. The summed E-state index contributed by atoms with van der Waals surface area (Å²) in [5.41, 5.74) is 1.39. The molecule has 3 aliphatic rings. The summed E-state index contributed by atoms with van der Waals surface area (Å²) in [6.07, 6.45) is 5.61. The predicted octanol–water partition coefficient (Wildman–Crippen LogP) is 2.94. The van der Waals surface area contributed by atoms with Crippen LogP contribution in [-0.4, -0.2) is 59.1 Å². The monoisotopic (exact) mass is 367 g/mol. The maximum atomic E-state index is 10.9. The molecule has 0 radical (unpaired) electrons. The molecule has 3 fully saturated rings. The van der Waals surface area contributed by atoms with Crippen molar-refractivity contribution in [3.05, 3.63) is 35.9 Å². The molecule has 1 unspecified atom stereocenters. The molecule has 2 aliphatic heterocycles. The molecular weight excluding hydrogens is 338 g/mol. The quantitative estimate of drug-likeness (QED) is 0.802. The Hall–Kier alpha value is -1.90. The number of carboxylic acid groups (broad SMARTS) is 1. The molecule has 0 amide bonds. The number of carbonyl (C=O) groups is 1. The summed E-state index contributed by atoms with van der Waals surface area (Å²) >= 11 is 0. The Labute approximate surface area is 161 Å². The minimum absolute atomic E-state index is 0.0895. The number of benzene rings is 1. The first kappa shape index (κ1) is 18.5. The number of hydrogen-bond acceptors (Lipinski definition) is 4. The highest BCUT2D eigenvalue weighted by molar-refractivity contribution is 5.69. The minimum Gasteiger partial charge on any atom is -0.480 e. The van der Waals surface area contributed by atoms with E-state index in [4.69, 9.17) is 5.11 Å². The van der Waals surface area contributed by atoms with Crippen molar-refractivity contribution in [1.82, 2.24) is 9.80 Å². The van der Waals surface area contributed by atoms with Crippen LogP contribution in [0.2, 0.25) is 0 Å². The molecule has 1 aromatic rings. The fraction of sp³-hybridized carbons (Fsp3) is 0.636. The van der Waals surface area contributed by atoms with Gasteiger partial charge >= 0.3 is 5.97 Å². The zero-order valence-electron chi connectivity index (χ0n) is 15.9. The molecule has 1 N–H and O–H groups in total. The van der Waals surface area contributed by atoms with Gasteiger partial charge in [-0.15, -0.1) is 0 Å². The van der Waals surface area contributed by atoms with Crippen LogP contribution in [0.25, 0.3) is 0 Å². The molecule has 0 spiro atoms. The van der Waals surface area contributed by atoms with Crippen molar-refractivity contribution >= 4 is 5.97 Å². The second kappa shape index (κ2) is 7.61. The van der Waals surface area contributed by atoms with Crippen LogP contribution in [0.5, 0.6) is 0 Å². The first-order valence-electron chi connectivity index (χ1n) is 10.2. The first-order chi connectivity index (χ1) is 13.1. The molecule has 2 atom stereocenters. The van der Waals surface area contributed by atoms with Crippen molar-refractivity contribution in [3.8, 4) is 6.07 Å². The number of nitriles is 1. The highest BCUT2D eigenvalue weighted by Gasteiger charge is 2.49. The highest BCUT2D eigenvalue weighted by Crippen LogP contribution is 2.52. The summed E-state index contributed by atoms with van der Waals surface area (Å²) < 4.78 is 0. The summed E-state index contributed by atoms with van der Waals surface area (Å²) in [6, 6.07) is 13.2. The van der Waals surface area contributed by atoms with Crippen LogP contribution in [-0.2, 0) is 4.79 Å². The smallest absolute Gasteiger partial charge is 0.317 e. The van der Waals surface area contributed by atoms with Gasteiger partial charge in [-0.05, 0) is 62.1 Å². The molecule has 27 heavy (non-hydrogen) atoms. The third-order valence-electron chi connectivity index (χ3n) is 6.87. The van der Waals surface area contributed by atoms with Gasteiger partial charge in [0.2, 0.25) is 0 Å². The lowest BCUT2D eigenvalue weighted by atomic mass is 9.81. The lowest BCUT2D eigenvalue weighted by Crippen LogP contribution is -2.71. The first-order valence-corrected chi connectivity index (χ1v) is 10.2. The fourth-order valence-corrected chi connectivity index (χ4v) is 5.35. The van der Waals surface area contributed by atoms with Gasteiger partial charge < -0.3 is 5.11 Å². The number of likely N-dealkylation sites (tertiary alicyclic amines) is 2. The summed E-state index contributed by atoms with van der Waals surface area (Å²) in [5.74, 6) is 1.64. The van der Waals surface area contributed by atoms with E-state index in [0.29, 0.717) is 6.42 Å². The van der Waals surface area contributed by atoms with E-state index >= 15 is 0 Å². The zero-order chi connectivity index (χ0) is 18.9. The minimum atomic E-state index is -0.781. The Morgan fingerprint density at radius 1 is 1.22 bits per heavy atom. The van der Waals surface area contributed by atoms with Gasteiger partial charge in [0, 0.05) is 13.1 Å². The Bertz CT molecular complexity index is 700. The second-order valence-corrected chi connectivity index (χ2v) is 8.78. The van der Waals surface area contributed by atoms with Crippen LogP contribution in [0.1, 0.15) is 43.6 Å². The second-order valence-electron chi connectivity index (χ2n) is 8.78. The Kier molecular flexibility index (Phi) is 5.21. The highest BCUT2D eigenvalue weighted by atomic mass is 16.4. The van der Waals surface area contributed by atoms with Crippen LogP contribution in [0, 0.1) is 23.2 Å². The summed E-state index contributed by atoms with van der Waals surface area (Å²) in [5, 5.41) is 18.2. The SMILES string of the molecule is N#CCC1(N2CCC(C[C@@H]3CC3c3ccccc3)CC2)CN(CC(=O)O)C1.